The molecule has 196 valence electrons. The summed E-state index contributed by atoms with van der Waals surface area (Å²) in [6, 6.07) is 0.394. The second-order valence-corrected chi connectivity index (χ2v) is 9.63. The number of rotatable bonds is 18. The van der Waals surface area contributed by atoms with E-state index in [1.165, 1.54) is 0 Å². The molecular formula is C23H37N5O6S. The molecule has 0 aromatic rings. The Kier molecular flexibility index (Phi) is 14.0. The van der Waals surface area contributed by atoms with Gasteiger partial charge in [-0.1, -0.05) is 12.3 Å². The summed E-state index contributed by atoms with van der Waals surface area (Å²) in [6.07, 6.45) is 9.73. The van der Waals surface area contributed by atoms with Gasteiger partial charge in [0.1, 0.15) is 13.2 Å². The number of terminal acetylenes is 1. The Labute approximate surface area is 211 Å². The van der Waals surface area contributed by atoms with Crippen molar-refractivity contribution in [1.82, 2.24) is 26.6 Å². The number of ether oxygens (including phenoxy) is 2. The van der Waals surface area contributed by atoms with Crippen molar-refractivity contribution >= 4 is 35.5 Å². The Bertz CT molecular complexity index is 746. The molecule has 3 atom stereocenters. The molecule has 0 radical (unpaired) electrons. The predicted octanol–water partition coefficient (Wildman–Crippen LogP) is -0.493. The fourth-order valence-corrected chi connectivity index (χ4v) is 5.30. The molecular weight excluding hydrogens is 474 g/mol. The number of unbranched alkanes of at least 4 members (excludes halogenated alkanes) is 1. The van der Waals surface area contributed by atoms with Crippen LogP contribution in [0.1, 0.15) is 38.5 Å². The highest BCUT2D eigenvalue weighted by molar-refractivity contribution is 8.00. The minimum Gasteiger partial charge on any atom is -0.381 e. The highest BCUT2D eigenvalue weighted by Gasteiger charge is 2.42. The molecule has 0 spiro atoms. The molecule has 5 amide bonds. The SMILES string of the molecule is C#CCNC(=O)COCC(=O)NCCCOCCCNC(=O)CCCCC1SCC2NC(=O)NC21. The number of carbonyl (C=O) groups is 4. The van der Waals surface area contributed by atoms with Gasteiger partial charge in [-0.05, 0) is 25.7 Å². The number of nitrogens with one attached hydrogen (secondary N) is 5. The van der Waals surface area contributed by atoms with Crippen molar-refractivity contribution in [2.75, 3.05) is 51.8 Å². The lowest BCUT2D eigenvalue weighted by molar-refractivity contribution is -0.130. The third kappa shape index (κ3) is 12.2. The summed E-state index contributed by atoms with van der Waals surface area (Å²) in [5.41, 5.74) is 0. The summed E-state index contributed by atoms with van der Waals surface area (Å²) < 4.78 is 10.5. The van der Waals surface area contributed by atoms with Gasteiger partial charge in [-0.15, -0.1) is 6.42 Å². The van der Waals surface area contributed by atoms with Gasteiger partial charge in [0.25, 0.3) is 0 Å². The van der Waals surface area contributed by atoms with Gasteiger partial charge in [-0.2, -0.15) is 11.8 Å². The van der Waals surface area contributed by atoms with Crippen LogP contribution in [0.4, 0.5) is 4.79 Å². The molecule has 5 N–H and O–H groups in total. The number of carbonyl (C=O) groups excluding carboxylic acids is 4. The largest absolute Gasteiger partial charge is 0.381 e. The molecule has 0 aromatic carbocycles. The highest BCUT2D eigenvalue weighted by atomic mass is 32.2. The first-order valence-corrected chi connectivity index (χ1v) is 13.1. The van der Waals surface area contributed by atoms with Crippen molar-refractivity contribution in [1.29, 1.82) is 0 Å². The first kappa shape index (κ1) is 28.7. The summed E-state index contributed by atoms with van der Waals surface area (Å²) in [6.45, 7) is 1.77. The standard InChI is InChI=1S/C23H37N5O6S/c1-2-9-24-20(30)14-34-15-21(31)26-11-6-13-33-12-5-10-25-19(29)8-4-3-7-18-22-17(16-35-18)27-23(32)28-22/h1,17-18,22H,3-16H2,(H,24,30)(H,25,29)(H,26,31)(H2,27,28,32). The van der Waals surface area contributed by atoms with E-state index in [-0.39, 0.29) is 55.6 Å². The van der Waals surface area contributed by atoms with E-state index in [1.54, 1.807) is 0 Å². The average Bonchev–Trinajstić information content (AvgIpc) is 3.38. The number of hydrogen-bond donors (Lipinski definition) is 5. The van der Waals surface area contributed by atoms with Gasteiger partial charge >= 0.3 is 6.03 Å². The van der Waals surface area contributed by atoms with Crippen molar-refractivity contribution in [2.24, 2.45) is 0 Å². The zero-order valence-electron chi connectivity index (χ0n) is 20.1. The first-order valence-electron chi connectivity index (χ1n) is 12.1. The van der Waals surface area contributed by atoms with Gasteiger partial charge in [0.2, 0.25) is 17.7 Å². The third-order valence-electron chi connectivity index (χ3n) is 5.51. The maximum atomic E-state index is 12.0. The topological polar surface area (TPSA) is 147 Å². The second kappa shape index (κ2) is 17.0. The Hall–Kier alpha value is -2.49. The Morgan fingerprint density at radius 2 is 1.63 bits per heavy atom. The lowest BCUT2D eigenvalue weighted by atomic mass is 10.0. The maximum Gasteiger partial charge on any atom is 0.315 e. The van der Waals surface area contributed by atoms with Gasteiger partial charge in [-0.25, -0.2) is 4.79 Å². The average molecular weight is 512 g/mol. The number of amides is 5. The molecule has 11 nitrogen and oxygen atoms in total. The fraction of sp³-hybridized carbons (Fsp3) is 0.739. The van der Waals surface area contributed by atoms with E-state index in [1.807, 2.05) is 11.8 Å². The molecule has 2 aliphatic heterocycles. The van der Waals surface area contributed by atoms with Crippen molar-refractivity contribution in [3.8, 4) is 12.3 Å². The normalized spacial score (nSPS) is 20.3. The van der Waals surface area contributed by atoms with Crippen LogP contribution in [0.25, 0.3) is 0 Å². The zero-order chi connectivity index (χ0) is 25.3. The Morgan fingerprint density at radius 3 is 2.34 bits per heavy atom. The van der Waals surface area contributed by atoms with E-state index in [0.717, 1.165) is 31.4 Å². The highest BCUT2D eigenvalue weighted by Crippen LogP contribution is 2.33. The lowest BCUT2D eigenvalue weighted by Gasteiger charge is -2.16. The summed E-state index contributed by atoms with van der Waals surface area (Å²) in [5, 5.41) is 14.4. The lowest BCUT2D eigenvalue weighted by Crippen LogP contribution is -2.36. The van der Waals surface area contributed by atoms with Crippen LogP contribution < -0.4 is 26.6 Å². The number of hydrogen-bond acceptors (Lipinski definition) is 7. The van der Waals surface area contributed by atoms with Crippen molar-refractivity contribution < 1.29 is 28.7 Å². The van der Waals surface area contributed by atoms with Gasteiger partial charge in [0.05, 0.1) is 18.6 Å². The Morgan fingerprint density at radius 1 is 0.943 bits per heavy atom. The van der Waals surface area contributed by atoms with Crippen LogP contribution in [0.15, 0.2) is 0 Å². The third-order valence-corrected chi connectivity index (χ3v) is 7.02. The van der Waals surface area contributed by atoms with Gasteiger partial charge in [0.15, 0.2) is 0 Å². The predicted molar refractivity (Wildman–Crippen MR) is 133 cm³/mol. The summed E-state index contributed by atoms with van der Waals surface area (Å²) in [7, 11) is 0. The van der Waals surface area contributed by atoms with Gasteiger partial charge < -0.3 is 36.1 Å². The van der Waals surface area contributed by atoms with Gasteiger partial charge in [0, 0.05) is 43.7 Å². The van der Waals surface area contributed by atoms with E-state index in [9.17, 15) is 19.2 Å². The van der Waals surface area contributed by atoms with Crippen LogP contribution in [0.2, 0.25) is 0 Å². The van der Waals surface area contributed by atoms with Crippen LogP contribution in [-0.4, -0.2) is 92.9 Å². The number of urea groups is 1. The minimum atomic E-state index is -0.365. The molecule has 2 heterocycles. The molecule has 35 heavy (non-hydrogen) atoms. The monoisotopic (exact) mass is 511 g/mol. The number of thioether (sulfide) groups is 1. The van der Waals surface area contributed by atoms with Crippen LogP contribution in [0.3, 0.4) is 0 Å². The van der Waals surface area contributed by atoms with E-state index in [0.29, 0.717) is 44.4 Å². The molecule has 12 heteroatoms. The van der Waals surface area contributed by atoms with Crippen LogP contribution in [0, 0.1) is 12.3 Å². The molecule has 0 aromatic heterocycles. The van der Waals surface area contributed by atoms with Crippen LogP contribution >= 0.6 is 11.8 Å². The smallest absolute Gasteiger partial charge is 0.315 e. The van der Waals surface area contributed by atoms with Crippen molar-refractivity contribution in [2.45, 2.75) is 55.9 Å². The molecule has 2 saturated heterocycles. The van der Waals surface area contributed by atoms with E-state index < -0.39 is 0 Å². The molecule has 0 bridgehead atoms. The van der Waals surface area contributed by atoms with Gasteiger partial charge in [-0.3, -0.25) is 14.4 Å². The number of fused-ring (bicyclic) bond motifs is 1. The van der Waals surface area contributed by atoms with E-state index in [4.69, 9.17) is 15.9 Å². The fourth-order valence-electron chi connectivity index (χ4n) is 3.76. The maximum absolute atomic E-state index is 12.0. The van der Waals surface area contributed by atoms with E-state index in [2.05, 4.69) is 32.5 Å². The summed E-state index contributed by atoms with van der Waals surface area (Å²) >= 11 is 1.89. The molecule has 2 rings (SSSR count). The Balaban J connectivity index is 1.32. The molecule has 0 aliphatic carbocycles. The molecule has 2 aliphatic rings. The first-order chi connectivity index (χ1) is 17.0. The minimum absolute atomic E-state index is 0.0521. The quantitative estimate of drug-likeness (QED) is 0.0948. The zero-order valence-corrected chi connectivity index (χ0v) is 20.9. The summed E-state index contributed by atoms with van der Waals surface area (Å²) in [4.78, 5) is 46.2. The molecule has 3 unspecified atom stereocenters. The molecule has 0 saturated carbocycles. The summed E-state index contributed by atoms with van der Waals surface area (Å²) in [5.74, 6) is 2.62. The van der Waals surface area contributed by atoms with Crippen LogP contribution in [-0.2, 0) is 23.9 Å². The van der Waals surface area contributed by atoms with Crippen molar-refractivity contribution in [3.05, 3.63) is 0 Å². The second-order valence-electron chi connectivity index (χ2n) is 8.36. The van der Waals surface area contributed by atoms with Crippen molar-refractivity contribution in [3.63, 3.8) is 0 Å². The van der Waals surface area contributed by atoms with Crippen LogP contribution in [0.5, 0.6) is 0 Å². The molecule has 2 fully saturated rings. The van der Waals surface area contributed by atoms with E-state index >= 15 is 0 Å².